The van der Waals surface area contributed by atoms with Crippen molar-refractivity contribution in [3.05, 3.63) is 83.6 Å². The number of hydrogen-bond acceptors (Lipinski definition) is 3. The van der Waals surface area contributed by atoms with Gasteiger partial charge in [-0.2, -0.15) is 0 Å². The van der Waals surface area contributed by atoms with E-state index in [1.54, 1.807) is 24.3 Å². The number of alkyl halides is 1. The van der Waals surface area contributed by atoms with Crippen molar-refractivity contribution in [2.45, 2.75) is 6.04 Å². The molecule has 26 heavy (non-hydrogen) atoms. The zero-order valence-corrected chi connectivity index (χ0v) is 13.9. The van der Waals surface area contributed by atoms with Crippen LogP contribution in [0.5, 0.6) is 5.75 Å². The number of nitrogens with one attached hydrogen (secondary N) is 2. The van der Waals surface area contributed by atoms with E-state index in [1.165, 1.54) is 6.08 Å². The Labute approximate surface area is 150 Å². The van der Waals surface area contributed by atoms with Crippen LogP contribution in [0.15, 0.2) is 78.0 Å². The lowest BCUT2D eigenvalue weighted by molar-refractivity contribution is -0.116. The Balaban J connectivity index is 1.68. The van der Waals surface area contributed by atoms with Crippen molar-refractivity contribution in [2.24, 2.45) is 0 Å². The summed E-state index contributed by atoms with van der Waals surface area (Å²) in [7, 11) is 0. The van der Waals surface area contributed by atoms with Gasteiger partial charge in [0.05, 0.1) is 11.7 Å². The molecule has 2 aliphatic heterocycles. The fraction of sp³-hybridized carbons (Fsp3) is 0.0952. The van der Waals surface area contributed by atoms with Crippen LogP contribution in [0, 0.1) is 0 Å². The van der Waals surface area contributed by atoms with E-state index in [-0.39, 0.29) is 17.7 Å². The maximum absolute atomic E-state index is 13.6. The number of halogens is 1. The first-order valence-electron chi connectivity index (χ1n) is 8.30. The van der Waals surface area contributed by atoms with Crippen LogP contribution in [0.2, 0.25) is 0 Å². The Bertz CT molecular complexity index is 941. The van der Waals surface area contributed by atoms with Crippen LogP contribution in [0.4, 0.5) is 4.39 Å². The number of amides is 1. The summed E-state index contributed by atoms with van der Waals surface area (Å²) in [4.78, 5) is 11.6. The lowest BCUT2D eigenvalue weighted by Gasteiger charge is -2.16. The average Bonchev–Trinajstić information content (AvgIpc) is 2.92. The molecule has 1 amide bonds. The van der Waals surface area contributed by atoms with E-state index in [1.807, 2.05) is 36.4 Å². The van der Waals surface area contributed by atoms with E-state index in [0.29, 0.717) is 17.0 Å². The van der Waals surface area contributed by atoms with Crippen molar-refractivity contribution in [3.63, 3.8) is 0 Å². The van der Waals surface area contributed by atoms with Gasteiger partial charge in [-0.15, -0.1) is 0 Å². The molecule has 3 N–H and O–H groups in total. The molecule has 0 bridgehead atoms. The van der Waals surface area contributed by atoms with E-state index >= 15 is 0 Å². The highest BCUT2D eigenvalue weighted by Crippen LogP contribution is 2.28. The van der Waals surface area contributed by atoms with E-state index in [9.17, 15) is 14.3 Å². The van der Waals surface area contributed by atoms with Crippen LogP contribution in [0.1, 0.15) is 5.56 Å². The summed E-state index contributed by atoms with van der Waals surface area (Å²) < 4.78 is 13.6. The number of hydrogen-bond donors (Lipinski definition) is 3. The molecule has 130 valence electrons. The standard InChI is InChI=1S/C21H17FN2O2/c22-12-16-7-10-18-19(11-20(26)23-18)24-21(16)15-3-1-13(2-4-15)14-5-8-17(25)9-6-14/h1-11,18,24-25H,12H2,(H,23,26). The summed E-state index contributed by atoms with van der Waals surface area (Å²) in [5.41, 5.74) is 4.72. The highest BCUT2D eigenvalue weighted by Gasteiger charge is 2.25. The topological polar surface area (TPSA) is 61.4 Å². The molecule has 0 saturated carbocycles. The zero-order chi connectivity index (χ0) is 18.1. The van der Waals surface area contributed by atoms with Gasteiger partial charge in [0.25, 0.3) is 0 Å². The van der Waals surface area contributed by atoms with E-state index in [2.05, 4.69) is 10.6 Å². The lowest BCUT2D eigenvalue weighted by atomic mass is 10.0. The molecule has 0 saturated heterocycles. The second-order valence-corrected chi connectivity index (χ2v) is 6.23. The summed E-state index contributed by atoms with van der Waals surface area (Å²) in [6.45, 7) is -0.605. The Kier molecular flexibility index (Phi) is 4.05. The van der Waals surface area contributed by atoms with E-state index in [0.717, 1.165) is 16.7 Å². The predicted octanol–water partition coefficient (Wildman–Crippen LogP) is 3.28. The van der Waals surface area contributed by atoms with Crippen LogP contribution in [-0.2, 0) is 4.79 Å². The zero-order valence-electron chi connectivity index (χ0n) is 13.9. The van der Waals surface area contributed by atoms with E-state index in [4.69, 9.17) is 0 Å². The molecule has 1 unspecified atom stereocenters. The Morgan fingerprint density at radius 1 is 0.962 bits per heavy atom. The predicted molar refractivity (Wildman–Crippen MR) is 98.7 cm³/mol. The number of rotatable bonds is 3. The minimum absolute atomic E-state index is 0.159. The first-order valence-corrected chi connectivity index (χ1v) is 8.30. The van der Waals surface area contributed by atoms with Crippen LogP contribution in [0.3, 0.4) is 0 Å². The van der Waals surface area contributed by atoms with Crippen molar-refractivity contribution in [1.29, 1.82) is 0 Å². The van der Waals surface area contributed by atoms with Crippen molar-refractivity contribution < 1.29 is 14.3 Å². The highest BCUT2D eigenvalue weighted by atomic mass is 19.1. The lowest BCUT2D eigenvalue weighted by Crippen LogP contribution is -2.29. The molecule has 2 aromatic rings. The molecule has 2 heterocycles. The van der Waals surface area contributed by atoms with Crippen LogP contribution >= 0.6 is 0 Å². The van der Waals surface area contributed by atoms with Gasteiger partial charge >= 0.3 is 0 Å². The van der Waals surface area contributed by atoms with Gasteiger partial charge in [-0.3, -0.25) is 4.79 Å². The van der Waals surface area contributed by atoms with Gasteiger partial charge in [-0.1, -0.05) is 48.6 Å². The molecule has 2 aliphatic rings. The van der Waals surface area contributed by atoms with Crippen molar-refractivity contribution >= 4 is 11.6 Å². The molecule has 0 aromatic heterocycles. The summed E-state index contributed by atoms with van der Waals surface area (Å²) >= 11 is 0. The van der Waals surface area contributed by atoms with Gasteiger partial charge in [0, 0.05) is 17.3 Å². The minimum Gasteiger partial charge on any atom is -0.508 e. The van der Waals surface area contributed by atoms with Crippen molar-refractivity contribution in [3.8, 4) is 16.9 Å². The minimum atomic E-state index is -0.605. The quantitative estimate of drug-likeness (QED) is 0.798. The fourth-order valence-corrected chi connectivity index (χ4v) is 3.14. The fourth-order valence-electron chi connectivity index (χ4n) is 3.14. The van der Waals surface area contributed by atoms with Crippen molar-refractivity contribution in [1.82, 2.24) is 10.6 Å². The Hall–Kier alpha value is -3.34. The van der Waals surface area contributed by atoms with Gasteiger partial charge in [-0.25, -0.2) is 4.39 Å². The number of phenolic OH excluding ortho intramolecular Hbond substituents is 1. The number of fused-ring (bicyclic) bond motifs is 1. The molecule has 0 spiro atoms. The molecular weight excluding hydrogens is 331 g/mol. The third kappa shape index (κ3) is 2.99. The molecule has 0 fully saturated rings. The monoisotopic (exact) mass is 348 g/mol. The first kappa shape index (κ1) is 16.1. The molecule has 4 nitrogen and oxygen atoms in total. The van der Waals surface area contributed by atoms with Crippen molar-refractivity contribution in [2.75, 3.05) is 6.67 Å². The smallest absolute Gasteiger partial charge is 0.246 e. The average molecular weight is 348 g/mol. The normalized spacial score (nSPS) is 18.7. The summed E-state index contributed by atoms with van der Waals surface area (Å²) in [6.07, 6.45) is 5.00. The number of allylic oxidation sites excluding steroid dienone is 2. The Morgan fingerprint density at radius 3 is 2.23 bits per heavy atom. The highest BCUT2D eigenvalue weighted by molar-refractivity contribution is 5.93. The van der Waals surface area contributed by atoms with E-state index < -0.39 is 6.67 Å². The van der Waals surface area contributed by atoms with Gasteiger partial charge in [0.15, 0.2) is 0 Å². The SMILES string of the molecule is O=C1C=C2NC(c3ccc(-c4ccc(O)cc4)cc3)=C(CF)C=CC2N1. The van der Waals surface area contributed by atoms with Gasteiger partial charge in [-0.05, 0) is 28.8 Å². The summed E-state index contributed by atoms with van der Waals surface area (Å²) in [5, 5.41) is 15.4. The number of phenols is 1. The van der Waals surface area contributed by atoms with Crippen LogP contribution in [0.25, 0.3) is 16.8 Å². The van der Waals surface area contributed by atoms with Crippen LogP contribution in [-0.4, -0.2) is 23.7 Å². The molecule has 2 aromatic carbocycles. The molecular formula is C21H17FN2O2. The maximum atomic E-state index is 13.6. The summed E-state index contributed by atoms with van der Waals surface area (Å²) in [5.74, 6) is 0.0629. The third-order valence-corrected chi connectivity index (χ3v) is 4.52. The first-order chi connectivity index (χ1) is 12.6. The maximum Gasteiger partial charge on any atom is 0.246 e. The molecule has 0 aliphatic carbocycles. The number of carbonyl (C=O) groups is 1. The number of carbonyl (C=O) groups excluding carboxylic acids is 1. The number of aromatic hydroxyl groups is 1. The molecule has 0 radical (unpaired) electrons. The Morgan fingerprint density at radius 2 is 1.58 bits per heavy atom. The second-order valence-electron chi connectivity index (χ2n) is 6.23. The summed E-state index contributed by atoms with van der Waals surface area (Å²) in [6, 6.07) is 14.4. The largest absolute Gasteiger partial charge is 0.508 e. The van der Waals surface area contributed by atoms with Gasteiger partial charge in [0.1, 0.15) is 12.4 Å². The molecule has 1 atom stereocenters. The number of benzene rings is 2. The third-order valence-electron chi connectivity index (χ3n) is 4.52. The molecule has 5 heteroatoms. The van der Waals surface area contributed by atoms with Crippen LogP contribution < -0.4 is 10.6 Å². The molecule has 4 rings (SSSR count). The second kappa shape index (κ2) is 6.52. The van der Waals surface area contributed by atoms with Gasteiger partial charge in [0.2, 0.25) is 5.91 Å². The van der Waals surface area contributed by atoms with Gasteiger partial charge < -0.3 is 15.7 Å².